The molecule has 0 saturated carbocycles. The Morgan fingerprint density at radius 2 is 2.27 bits per heavy atom. The van der Waals surface area contributed by atoms with Crippen LogP contribution in [0.1, 0.15) is 22.5 Å². The van der Waals surface area contributed by atoms with Gasteiger partial charge in [0.1, 0.15) is 5.69 Å². The molecule has 1 spiro atoms. The summed E-state index contributed by atoms with van der Waals surface area (Å²) in [5.74, 6) is 0.0869. The second kappa shape index (κ2) is 5.44. The maximum Gasteiger partial charge on any atom is 0.273 e. The minimum Gasteiger partial charge on any atom is -0.337 e. The first-order chi connectivity index (χ1) is 10.7. The van der Waals surface area contributed by atoms with Crippen molar-refractivity contribution in [3.8, 4) is 0 Å². The molecular weight excluding hydrogens is 296 g/mol. The van der Waals surface area contributed by atoms with Gasteiger partial charge in [0.15, 0.2) is 0 Å². The third-order valence-electron chi connectivity index (χ3n) is 4.62. The molecule has 2 aliphatic heterocycles. The van der Waals surface area contributed by atoms with E-state index in [0.717, 1.165) is 39.1 Å². The number of hydrogen-bond acceptors (Lipinski definition) is 5. The molecule has 2 aromatic heterocycles. The van der Waals surface area contributed by atoms with Crippen LogP contribution >= 0.6 is 11.3 Å². The van der Waals surface area contributed by atoms with E-state index in [1.807, 2.05) is 22.5 Å². The fraction of sp³-hybridized carbons (Fsp3) is 0.438. The number of nitrogens with zero attached hydrogens (tertiary/aromatic N) is 4. The maximum atomic E-state index is 12.4. The van der Waals surface area contributed by atoms with E-state index in [2.05, 4.69) is 20.9 Å². The lowest BCUT2D eigenvalue weighted by molar-refractivity contribution is 0.00250. The molecule has 2 saturated heterocycles. The van der Waals surface area contributed by atoms with Crippen molar-refractivity contribution < 1.29 is 4.79 Å². The first kappa shape index (κ1) is 13.8. The Morgan fingerprint density at radius 3 is 3.00 bits per heavy atom. The molecule has 4 rings (SSSR count). The molecule has 0 N–H and O–H groups in total. The summed E-state index contributed by atoms with van der Waals surface area (Å²) in [6, 6.07) is 4.10. The zero-order chi connectivity index (χ0) is 15.0. The van der Waals surface area contributed by atoms with Crippen LogP contribution in [0, 0.1) is 5.41 Å². The van der Waals surface area contributed by atoms with E-state index in [9.17, 15) is 4.79 Å². The largest absolute Gasteiger partial charge is 0.337 e. The average molecular weight is 314 g/mol. The van der Waals surface area contributed by atoms with Crippen LogP contribution in [0.2, 0.25) is 0 Å². The molecule has 22 heavy (non-hydrogen) atoms. The van der Waals surface area contributed by atoms with Gasteiger partial charge in [0.25, 0.3) is 5.91 Å². The minimum absolute atomic E-state index is 0.0869. The van der Waals surface area contributed by atoms with E-state index in [1.54, 1.807) is 11.7 Å². The van der Waals surface area contributed by atoms with Crippen LogP contribution in [-0.2, 0) is 6.54 Å². The van der Waals surface area contributed by atoms with Crippen molar-refractivity contribution in [2.75, 3.05) is 26.2 Å². The fourth-order valence-corrected chi connectivity index (χ4v) is 4.14. The van der Waals surface area contributed by atoms with E-state index in [-0.39, 0.29) is 5.91 Å². The van der Waals surface area contributed by atoms with E-state index in [1.165, 1.54) is 16.9 Å². The quantitative estimate of drug-likeness (QED) is 0.868. The molecular formula is C16H18N4OS. The smallest absolute Gasteiger partial charge is 0.273 e. The number of aromatic nitrogens is 2. The lowest BCUT2D eigenvalue weighted by Gasteiger charge is -2.48. The van der Waals surface area contributed by atoms with Crippen molar-refractivity contribution in [3.63, 3.8) is 0 Å². The minimum atomic E-state index is 0.0869. The highest BCUT2D eigenvalue weighted by atomic mass is 32.1. The summed E-state index contributed by atoms with van der Waals surface area (Å²) in [7, 11) is 0. The average Bonchev–Trinajstić information content (AvgIpc) is 3.17. The molecule has 5 nitrogen and oxygen atoms in total. The summed E-state index contributed by atoms with van der Waals surface area (Å²) in [6.07, 6.45) is 4.84. The number of carbonyl (C=O) groups excluding carboxylic acids is 1. The molecule has 0 radical (unpaired) electrons. The van der Waals surface area contributed by atoms with Gasteiger partial charge in [-0.1, -0.05) is 6.07 Å². The van der Waals surface area contributed by atoms with Gasteiger partial charge in [0, 0.05) is 55.9 Å². The Labute approximate surface area is 133 Å². The molecule has 1 amide bonds. The van der Waals surface area contributed by atoms with E-state index in [4.69, 9.17) is 0 Å². The third kappa shape index (κ3) is 2.53. The van der Waals surface area contributed by atoms with Crippen LogP contribution in [0.15, 0.2) is 35.4 Å². The lowest BCUT2D eigenvalue weighted by Crippen LogP contribution is -2.57. The van der Waals surface area contributed by atoms with E-state index < -0.39 is 0 Å². The number of likely N-dealkylation sites (tertiary alicyclic amines) is 2. The van der Waals surface area contributed by atoms with Gasteiger partial charge in [0.2, 0.25) is 0 Å². The number of rotatable bonds is 3. The maximum absolute atomic E-state index is 12.4. The molecule has 6 heteroatoms. The third-order valence-corrected chi connectivity index (χ3v) is 5.21. The van der Waals surface area contributed by atoms with Crippen molar-refractivity contribution in [2.45, 2.75) is 13.0 Å². The summed E-state index contributed by atoms with van der Waals surface area (Å²) in [4.78, 5) is 25.1. The number of hydrogen-bond donors (Lipinski definition) is 0. The zero-order valence-corrected chi connectivity index (χ0v) is 13.1. The standard InChI is InChI=1S/C16H18N4OS/c21-15(14-8-22-12-18-14)20-5-3-16(11-20)9-19(10-16)7-13-2-1-4-17-6-13/h1-2,4,6,8,12H,3,5,7,9-11H2. The highest BCUT2D eigenvalue weighted by Gasteiger charge is 2.48. The van der Waals surface area contributed by atoms with Crippen LogP contribution in [-0.4, -0.2) is 51.9 Å². The summed E-state index contributed by atoms with van der Waals surface area (Å²) < 4.78 is 0. The zero-order valence-electron chi connectivity index (χ0n) is 12.3. The molecule has 0 atom stereocenters. The molecule has 0 aromatic carbocycles. The molecule has 4 heterocycles. The van der Waals surface area contributed by atoms with Gasteiger partial charge >= 0.3 is 0 Å². The summed E-state index contributed by atoms with van der Waals surface area (Å²) >= 11 is 1.48. The Balaban J connectivity index is 1.33. The molecule has 0 aliphatic carbocycles. The van der Waals surface area contributed by atoms with Crippen molar-refractivity contribution in [1.82, 2.24) is 19.8 Å². The van der Waals surface area contributed by atoms with Gasteiger partial charge in [-0.15, -0.1) is 11.3 Å². The molecule has 2 aliphatic rings. The van der Waals surface area contributed by atoms with Crippen LogP contribution < -0.4 is 0 Å². The second-order valence-electron chi connectivity index (χ2n) is 6.36. The number of carbonyl (C=O) groups is 1. The predicted molar refractivity (Wildman–Crippen MR) is 84.6 cm³/mol. The molecule has 114 valence electrons. The van der Waals surface area contributed by atoms with Crippen molar-refractivity contribution in [1.29, 1.82) is 0 Å². The van der Waals surface area contributed by atoms with Gasteiger partial charge in [0.05, 0.1) is 5.51 Å². The number of pyridine rings is 1. The van der Waals surface area contributed by atoms with Gasteiger partial charge in [-0.25, -0.2) is 4.98 Å². The SMILES string of the molecule is O=C(c1cscn1)N1CCC2(CN(Cc3cccnc3)C2)C1. The molecule has 2 fully saturated rings. The van der Waals surface area contributed by atoms with Gasteiger partial charge in [-0.3, -0.25) is 14.7 Å². The van der Waals surface area contributed by atoms with Crippen LogP contribution in [0.25, 0.3) is 0 Å². The van der Waals surface area contributed by atoms with Crippen molar-refractivity contribution in [2.24, 2.45) is 5.41 Å². The fourth-order valence-electron chi connectivity index (χ4n) is 3.61. The monoisotopic (exact) mass is 314 g/mol. The molecule has 0 bridgehead atoms. The Hall–Kier alpha value is -1.79. The van der Waals surface area contributed by atoms with Crippen molar-refractivity contribution >= 4 is 17.2 Å². The second-order valence-corrected chi connectivity index (χ2v) is 7.08. The van der Waals surface area contributed by atoms with Crippen LogP contribution in [0.5, 0.6) is 0 Å². The Morgan fingerprint density at radius 1 is 1.36 bits per heavy atom. The first-order valence-electron chi connectivity index (χ1n) is 7.53. The Kier molecular flexibility index (Phi) is 3.43. The van der Waals surface area contributed by atoms with Gasteiger partial charge in [-0.2, -0.15) is 0 Å². The van der Waals surface area contributed by atoms with E-state index >= 15 is 0 Å². The molecule has 2 aromatic rings. The Bertz CT molecular complexity index is 652. The van der Waals surface area contributed by atoms with Crippen LogP contribution in [0.4, 0.5) is 0 Å². The highest BCUT2D eigenvalue weighted by Crippen LogP contribution is 2.40. The highest BCUT2D eigenvalue weighted by molar-refractivity contribution is 7.07. The lowest BCUT2D eigenvalue weighted by atomic mass is 9.79. The summed E-state index contributed by atoms with van der Waals surface area (Å²) in [5.41, 5.74) is 3.87. The summed E-state index contributed by atoms with van der Waals surface area (Å²) in [5, 5.41) is 1.84. The number of amides is 1. The normalized spacial score (nSPS) is 20.3. The first-order valence-corrected chi connectivity index (χ1v) is 8.47. The van der Waals surface area contributed by atoms with E-state index in [0.29, 0.717) is 11.1 Å². The van der Waals surface area contributed by atoms with Crippen molar-refractivity contribution in [3.05, 3.63) is 46.7 Å². The van der Waals surface area contributed by atoms with Gasteiger partial charge < -0.3 is 4.90 Å². The predicted octanol–water partition coefficient (Wildman–Crippen LogP) is 1.89. The number of thiazole rings is 1. The van der Waals surface area contributed by atoms with Crippen LogP contribution in [0.3, 0.4) is 0 Å². The molecule has 0 unspecified atom stereocenters. The topological polar surface area (TPSA) is 49.3 Å². The van der Waals surface area contributed by atoms with Gasteiger partial charge in [-0.05, 0) is 18.1 Å². The summed E-state index contributed by atoms with van der Waals surface area (Å²) in [6.45, 7) is 4.82.